The van der Waals surface area contributed by atoms with E-state index in [9.17, 15) is 120 Å². The van der Waals surface area contributed by atoms with Gasteiger partial charge in [0.2, 0.25) is 11.8 Å². The number of nitro benzene ring substituents is 4. The predicted octanol–water partition coefficient (Wildman–Crippen LogP) is -0.939. The van der Waals surface area contributed by atoms with Crippen LogP contribution in [0.1, 0.15) is 176 Å². The molecule has 6 amide bonds. The van der Waals surface area contributed by atoms with Crippen molar-refractivity contribution in [2.24, 2.45) is 11.3 Å². The summed E-state index contributed by atoms with van der Waals surface area (Å²) in [5.74, 6) is -4.58. The summed E-state index contributed by atoms with van der Waals surface area (Å²) in [7, 11) is -6.77. The van der Waals surface area contributed by atoms with Crippen LogP contribution in [-0.2, 0) is 9.59 Å². The molecular weight excluding hydrogens is 1370 g/mol. The molecule has 0 heterocycles. The van der Waals surface area contributed by atoms with Gasteiger partial charge < -0.3 is 86.4 Å². The number of fused-ring (bicyclic) bond motifs is 1. The monoisotopic (exact) mass is 1460 g/mol. The highest BCUT2D eigenvalue weighted by atomic mass is 16.6. The highest BCUT2D eigenvalue weighted by Gasteiger charge is 2.52. The molecule has 0 radical (unpaired) electrons. The molecule has 0 aliphatic heterocycles. The molecule has 4 aliphatic carbocycles. The second kappa shape index (κ2) is 37.4. The number of carbonyl (C=O) groups excluding carboxylic acids is 6. The highest BCUT2D eigenvalue weighted by molar-refractivity contribution is 6.60. The van der Waals surface area contributed by atoms with E-state index in [1.54, 1.807) is 0 Å². The summed E-state index contributed by atoms with van der Waals surface area (Å²) in [6.45, 7) is -0.232. The number of rotatable bonds is 34. The van der Waals surface area contributed by atoms with Gasteiger partial charge in [0.05, 0.1) is 44.0 Å². The molecule has 8 rings (SSSR count). The molecule has 35 nitrogen and oxygen atoms in total. The van der Waals surface area contributed by atoms with Crippen molar-refractivity contribution in [3.63, 3.8) is 0 Å². The average molecular weight is 1460 g/mol. The Morgan fingerprint density at radius 1 is 0.476 bits per heavy atom. The summed E-state index contributed by atoms with van der Waals surface area (Å²) in [5, 5.41) is 161. The number of unbranched alkanes of at least 4 members (excludes halogenated alkanes) is 4. The highest BCUT2D eigenvalue weighted by Crippen LogP contribution is 2.57. The third-order valence-corrected chi connectivity index (χ3v) is 21.0. The Labute approximate surface area is 604 Å². The van der Waals surface area contributed by atoms with Gasteiger partial charge in [-0.15, -0.1) is 0 Å². The fourth-order valence-electron chi connectivity index (χ4n) is 15.3. The quantitative estimate of drug-likeness (QED) is 0.0116. The zero-order valence-corrected chi connectivity index (χ0v) is 58.1. The molecule has 4 saturated carbocycles. The lowest BCUT2D eigenvalue weighted by Crippen LogP contribution is -2.57. The summed E-state index contributed by atoms with van der Waals surface area (Å²) in [4.78, 5) is 133. The molecule has 9 unspecified atom stereocenters. The van der Waals surface area contributed by atoms with Gasteiger partial charge in [-0.05, 0) is 167 Å². The fourth-order valence-corrected chi connectivity index (χ4v) is 15.3. The third kappa shape index (κ3) is 21.4. The van der Waals surface area contributed by atoms with Crippen molar-refractivity contribution in [2.45, 2.75) is 177 Å². The van der Waals surface area contributed by atoms with Crippen molar-refractivity contribution in [3.05, 3.63) is 136 Å². The minimum Gasteiger partial charge on any atom is -0.423 e. The predicted molar refractivity (Wildman–Crippen MR) is 381 cm³/mol. The van der Waals surface area contributed by atoms with Crippen LogP contribution in [0.3, 0.4) is 0 Å². The number of aliphatic hydroxyl groups excluding tert-OH is 2. The molecule has 564 valence electrons. The Kier molecular flexibility index (Phi) is 29.1. The summed E-state index contributed by atoms with van der Waals surface area (Å²) in [5.41, 5.74) is -5.59. The first-order chi connectivity index (χ1) is 49.8. The molecule has 0 aromatic heterocycles. The van der Waals surface area contributed by atoms with E-state index < -0.39 is 161 Å². The first-order valence-corrected chi connectivity index (χ1v) is 35.3. The topological polar surface area (TPSA) is 535 Å². The lowest BCUT2D eigenvalue weighted by Gasteiger charge is -2.55. The summed E-state index contributed by atoms with van der Waals surface area (Å²) < 4.78 is 0. The molecule has 14 N–H and O–H groups in total. The summed E-state index contributed by atoms with van der Waals surface area (Å²) in [6.07, 6.45) is 9.93. The minimum absolute atomic E-state index is 0.118. The first kappa shape index (κ1) is 81.8. The minimum atomic E-state index is -2.22. The van der Waals surface area contributed by atoms with Crippen LogP contribution in [-0.4, -0.2) is 231 Å². The van der Waals surface area contributed by atoms with Gasteiger partial charge in [0.15, 0.2) is 0 Å². The van der Waals surface area contributed by atoms with E-state index in [0.717, 1.165) is 115 Å². The van der Waals surface area contributed by atoms with Gasteiger partial charge in [-0.3, -0.25) is 69.2 Å². The lowest BCUT2D eigenvalue weighted by atomic mass is 9.52. The number of hydrogen-bond acceptors (Lipinski definition) is 25. The van der Waals surface area contributed by atoms with Crippen LogP contribution in [0.15, 0.2) is 72.8 Å². The molecule has 4 aromatic rings. The van der Waals surface area contributed by atoms with E-state index in [-0.39, 0.29) is 94.8 Å². The molecule has 105 heavy (non-hydrogen) atoms. The van der Waals surface area contributed by atoms with Crippen molar-refractivity contribution in [2.75, 3.05) is 39.8 Å². The molecule has 4 fully saturated rings. The number of non-ortho nitro benzene ring substituents is 4. The first-order valence-electron chi connectivity index (χ1n) is 35.3. The number of amides is 6. The summed E-state index contributed by atoms with van der Waals surface area (Å²) in [6, 6.07) is 7.67. The van der Waals surface area contributed by atoms with Crippen LogP contribution >= 0.6 is 0 Å². The van der Waals surface area contributed by atoms with Crippen molar-refractivity contribution in [1.82, 2.24) is 36.0 Å². The molecule has 39 heteroatoms. The number of carbonyl (C=O) groups is 6. The third-order valence-electron chi connectivity index (χ3n) is 21.0. The van der Waals surface area contributed by atoms with Crippen LogP contribution in [0, 0.1) is 51.8 Å². The van der Waals surface area contributed by atoms with Crippen LogP contribution in [0.4, 0.5) is 22.7 Å². The second-order valence-electron chi connectivity index (χ2n) is 27.8. The van der Waals surface area contributed by atoms with Crippen LogP contribution < -0.4 is 43.1 Å². The zero-order valence-electron chi connectivity index (χ0n) is 58.1. The Balaban J connectivity index is 0.809. The van der Waals surface area contributed by atoms with Crippen molar-refractivity contribution < 1.29 is 98.9 Å². The van der Waals surface area contributed by atoms with E-state index in [1.165, 1.54) is 0 Å². The van der Waals surface area contributed by atoms with Crippen LogP contribution in [0.5, 0.6) is 0 Å². The number of benzene rings is 4. The maximum absolute atomic E-state index is 14.6. The van der Waals surface area contributed by atoms with E-state index in [0.29, 0.717) is 83.6 Å². The number of nitrogens with zero attached hydrogens (tertiary/aromatic N) is 7. The zero-order chi connectivity index (χ0) is 76.6. The average Bonchev–Trinajstić information content (AvgIpc) is 0.754. The van der Waals surface area contributed by atoms with Gasteiger partial charge in [0.25, 0.3) is 46.4 Å². The Hall–Kier alpha value is -8.88. The van der Waals surface area contributed by atoms with Gasteiger partial charge in [0.1, 0.15) is 13.1 Å². The number of aliphatic hydroxyl groups is 2. The van der Waals surface area contributed by atoms with Crippen LogP contribution in [0.2, 0.25) is 0 Å². The molecule has 0 bridgehead atoms. The Morgan fingerprint density at radius 2 is 0.848 bits per heavy atom. The lowest BCUT2D eigenvalue weighted by molar-refractivity contribution is -0.385. The van der Waals surface area contributed by atoms with E-state index in [2.05, 4.69) is 26.2 Å². The molecular formula is C66H89B4N11O24. The van der Waals surface area contributed by atoms with Gasteiger partial charge in [0, 0.05) is 102 Å². The van der Waals surface area contributed by atoms with Crippen molar-refractivity contribution in [1.29, 1.82) is 0 Å². The van der Waals surface area contributed by atoms with Crippen molar-refractivity contribution in [3.8, 4) is 0 Å². The molecule has 9 atom stereocenters. The smallest absolute Gasteiger partial charge is 0.423 e. The van der Waals surface area contributed by atoms with Gasteiger partial charge in [-0.1, -0.05) is 38.5 Å². The molecule has 0 saturated heterocycles. The largest absolute Gasteiger partial charge is 0.488 e. The molecule has 0 spiro atoms. The van der Waals surface area contributed by atoms with E-state index in [1.807, 2.05) is 7.05 Å². The Morgan fingerprint density at radius 3 is 1.24 bits per heavy atom. The fraction of sp³-hybridized carbons (Fsp3) is 0.545. The molecule has 4 aromatic carbocycles. The number of nitrogens with one attached hydrogen (secondary N) is 4. The number of likely N-dealkylation sites (N-methyl/N-ethyl adjacent to an activating group) is 1. The number of hydrogen-bond donors (Lipinski definition) is 14. The maximum Gasteiger partial charge on any atom is 0.488 e. The van der Waals surface area contributed by atoms with E-state index >= 15 is 0 Å². The number of nitro groups is 4. The second-order valence-corrected chi connectivity index (χ2v) is 27.8. The summed E-state index contributed by atoms with van der Waals surface area (Å²) >= 11 is 0. The normalized spacial score (nSPS) is 21.0. The van der Waals surface area contributed by atoms with E-state index in [4.69, 9.17) is 0 Å². The van der Waals surface area contributed by atoms with Crippen LogP contribution in [0.25, 0.3) is 0 Å². The Bertz CT molecular complexity index is 3830. The van der Waals surface area contributed by atoms with Crippen molar-refractivity contribution >= 4 is 109 Å². The molecule has 4 aliphatic rings. The standard InChI is InChI=1S/C66H89B4N11O24/c1-75(25-11-3-2-9-23-71-60(84)38-76(64(88)42-28-47(69(94)95)36-51(32-42)80(102)103)55-14-6-4-12-53(55)73-62(86)40-26-45(67(90)91)34-49(30-40)78(98)99)57-18-17-44-19-21-66(44,22-20-58(57)82)59(83)16-8-10-24-72-61(85)39-77(65(89)43-29-48(70(96)97)37-52(33-43)81(104)105)56-15-7-5-13-54(56)74-63(87)41-27-46(68(92)93)35-50(31-41)79(100)101/h26-37,44,53-59,82-83,90-97H,2-25,38-39H2,1H3,(H,71,84)(H,72,85)(H,73,86)(H,74,87). The van der Waals surface area contributed by atoms with Gasteiger partial charge >= 0.3 is 28.5 Å². The van der Waals surface area contributed by atoms with Gasteiger partial charge in [-0.2, -0.15) is 0 Å². The maximum atomic E-state index is 14.6. The van der Waals surface area contributed by atoms with Gasteiger partial charge in [-0.25, -0.2) is 0 Å². The SMILES string of the molecule is CN(CCCCCCNC(=O)CN(C(=O)c1cc(B(O)O)cc([N+](=O)[O-])c1)C1CCCCC1NC(=O)c1cc(B(O)O)cc([N+](=O)[O-])c1)C1CCC2CCC2(C(O)CCCCNC(=O)CN(C(=O)c2cc(B(O)O)cc([N+](=O)[O-])c2)C2CCCCC2NC(=O)c2cc(B(O)O)cc([N+](=O)[O-])c2)CCC1O.